The summed E-state index contributed by atoms with van der Waals surface area (Å²) < 4.78 is 10.7. The molecule has 0 aliphatic carbocycles. The van der Waals surface area contributed by atoms with Crippen LogP contribution in [0.1, 0.15) is 38.1 Å². The molecule has 1 aromatic rings. The second-order valence-corrected chi connectivity index (χ2v) is 5.07. The van der Waals surface area contributed by atoms with Crippen LogP contribution in [-0.2, 0) is 9.47 Å². The predicted molar refractivity (Wildman–Crippen MR) is 81.0 cm³/mol. The van der Waals surface area contributed by atoms with Crippen LogP contribution in [0.3, 0.4) is 0 Å². The third-order valence-electron chi connectivity index (χ3n) is 2.78. The van der Waals surface area contributed by atoms with Crippen molar-refractivity contribution in [1.29, 1.82) is 0 Å². The molecule has 1 aromatic carbocycles. The molecule has 0 unspecified atom stereocenters. The Morgan fingerprint density at radius 3 is 2.60 bits per heavy atom. The molecule has 0 aromatic heterocycles. The van der Waals surface area contributed by atoms with E-state index >= 15 is 0 Å². The lowest BCUT2D eigenvalue weighted by molar-refractivity contribution is 0.000647. The molecule has 0 amide bonds. The molecule has 3 N–H and O–H groups in total. The minimum Gasteiger partial charge on any atom is -0.462 e. The lowest BCUT2D eigenvalue weighted by Gasteiger charge is -2.26. The van der Waals surface area contributed by atoms with Crippen molar-refractivity contribution in [3.63, 3.8) is 0 Å². The quantitative estimate of drug-likeness (QED) is 0.593. The second kappa shape index (κ2) is 7.14. The Morgan fingerprint density at radius 1 is 1.30 bits per heavy atom. The van der Waals surface area contributed by atoms with Crippen molar-refractivity contribution in [2.45, 2.75) is 33.3 Å². The normalized spacial score (nSPS) is 11.2. The smallest absolute Gasteiger partial charge is 0.340 e. The van der Waals surface area contributed by atoms with Crippen LogP contribution in [0, 0.1) is 0 Å². The summed E-state index contributed by atoms with van der Waals surface area (Å²) in [6.07, 6.45) is 0. The molecule has 112 valence electrons. The number of anilines is 2. The number of benzene rings is 1. The van der Waals surface area contributed by atoms with Gasteiger partial charge in [-0.15, -0.1) is 0 Å². The maximum absolute atomic E-state index is 11.9. The molecule has 0 atom stereocenters. The zero-order valence-corrected chi connectivity index (χ0v) is 12.7. The molecule has 1 rings (SSSR count). The molecule has 0 bridgehead atoms. The molecule has 0 radical (unpaired) electrons. The first-order chi connectivity index (χ1) is 9.39. The molecule has 0 heterocycles. The topological polar surface area (TPSA) is 73.6 Å². The van der Waals surface area contributed by atoms with Crippen molar-refractivity contribution in [1.82, 2.24) is 0 Å². The number of hydrogen-bond donors (Lipinski definition) is 2. The number of carbonyl (C=O) groups excluding carboxylic acids is 1. The van der Waals surface area contributed by atoms with Gasteiger partial charge in [-0.05, 0) is 45.9 Å². The van der Waals surface area contributed by atoms with Crippen LogP contribution in [0.4, 0.5) is 11.4 Å². The lowest BCUT2D eigenvalue weighted by atomic mass is 10.1. The number of carbonyl (C=O) groups is 1. The van der Waals surface area contributed by atoms with E-state index in [0.717, 1.165) is 0 Å². The van der Waals surface area contributed by atoms with Crippen molar-refractivity contribution < 1.29 is 14.3 Å². The Morgan fingerprint density at radius 2 is 2.00 bits per heavy atom. The average molecular weight is 280 g/mol. The highest BCUT2D eigenvalue weighted by molar-refractivity contribution is 5.96. The van der Waals surface area contributed by atoms with E-state index < -0.39 is 0 Å². The molecule has 5 heteroatoms. The van der Waals surface area contributed by atoms with Gasteiger partial charge < -0.3 is 20.5 Å². The zero-order chi connectivity index (χ0) is 15.2. The number of ether oxygens (including phenoxy) is 2. The summed E-state index contributed by atoms with van der Waals surface area (Å²) in [6, 6.07) is 5.15. The van der Waals surface area contributed by atoms with Gasteiger partial charge in [0.1, 0.15) is 0 Å². The Hall–Kier alpha value is -1.75. The SMILES string of the molecule is CCOC(=O)c1cc(N)ccc1NCC(C)(C)OCC. The van der Waals surface area contributed by atoms with Crippen LogP contribution in [0.2, 0.25) is 0 Å². The maximum Gasteiger partial charge on any atom is 0.340 e. The van der Waals surface area contributed by atoms with E-state index in [2.05, 4.69) is 5.32 Å². The molecular weight excluding hydrogens is 256 g/mol. The number of nitrogen functional groups attached to an aromatic ring is 1. The van der Waals surface area contributed by atoms with Crippen LogP contribution in [0.15, 0.2) is 18.2 Å². The van der Waals surface area contributed by atoms with Gasteiger partial charge in [0.25, 0.3) is 0 Å². The van der Waals surface area contributed by atoms with Crippen LogP contribution >= 0.6 is 0 Å². The van der Waals surface area contributed by atoms with Crippen LogP contribution in [-0.4, -0.2) is 31.3 Å². The molecule has 0 saturated heterocycles. The largest absolute Gasteiger partial charge is 0.462 e. The fourth-order valence-electron chi connectivity index (χ4n) is 1.84. The number of rotatable bonds is 7. The third kappa shape index (κ3) is 4.74. The molecule has 0 aliphatic rings. The van der Waals surface area contributed by atoms with E-state index in [4.69, 9.17) is 15.2 Å². The van der Waals surface area contributed by atoms with Crippen molar-refractivity contribution in [3.05, 3.63) is 23.8 Å². The fraction of sp³-hybridized carbons (Fsp3) is 0.533. The monoisotopic (exact) mass is 280 g/mol. The standard InChI is InChI=1S/C15H24N2O3/c1-5-19-14(18)12-9-11(16)7-8-13(12)17-10-15(3,4)20-6-2/h7-9,17H,5-6,10,16H2,1-4H3. The predicted octanol–water partition coefficient (Wildman–Crippen LogP) is 2.67. The summed E-state index contributed by atoms with van der Waals surface area (Å²) in [5, 5.41) is 3.22. The van der Waals surface area contributed by atoms with Crippen LogP contribution in [0.5, 0.6) is 0 Å². The van der Waals surface area contributed by atoms with Gasteiger partial charge in [0, 0.05) is 24.5 Å². The second-order valence-electron chi connectivity index (χ2n) is 5.07. The maximum atomic E-state index is 11.9. The molecule has 0 fully saturated rings. The third-order valence-corrected chi connectivity index (χ3v) is 2.78. The molecule has 5 nitrogen and oxygen atoms in total. The highest BCUT2D eigenvalue weighted by Gasteiger charge is 2.19. The summed E-state index contributed by atoms with van der Waals surface area (Å²) in [7, 11) is 0. The van der Waals surface area contributed by atoms with Crippen molar-refractivity contribution in [3.8, 4) is 0 Å². The molecule has 0 saturated carbocycles. The molecule has 20 heavy (non-hydrogen) atoms. The van der Waals surface area contributed by atoms with E-state index in [1.807, 2.05) is 20.8 Å². The minimum atomic E-state index is -0.378. The minimum absolute atomic E-state index is 0.317. The number of hydrogen-bond acceptors (Lipinski definition) is 5. The average Bonchev–Trinajstić information content (AvgIpc) is 2.37. The summed E-state index contributed by atoms with van der Waals surface area (Å²) in [6.45, 7) is 9.26. The summed E-state index contributed by atoms with van der Waals surface area (Å²) >= 11 is 0. The number of nitrogens with two attached hydrogens (primary N) is 1. The summed E-state index contributed by atoms with van der Waals surface area (Å²) in [5.74, 6) is -0.378. The van der Waals surface area contributed by atoms with Crippen molar-refractivity contribution in [2.24, 2.45) is 0 Å². The van der Waals surface area contributed by atoms with Crippen LogP contribution < -0.4 is 11.1 Å². The van der Waals surface area contributed by atoms with Gasteiger partial charge in [-0.3, -0.25) is 0 Å². The van der Waals surface area contributed by atoms with E-state index in [1.165, 1.54) is 0 Å². The van der Waals surface area contributed by atoms with Gasteiger partial charge in [-0.25, -0.2) is 4.79 Å². The number of esters is 1. The molecular formula is C15H24N2O3. The first kappa shape index (κ1) is 16.3. The van der Waals surface area contributed by atoms with E-state index in [1.54, 1.807) is 25.1 Å². The first-order valence-corrected chi connectivity index (χ1v) is 6.84. The zero-order valence-electron chi connectivity index (χ0n) is 12.7. The highest BCUT2D eigenvalue weighted by Crippen LogP contribution is 2.21. The van der Waals surface area contributed by atoms with Crippen molar-refractivity contribution in [2.75, 3.05) is 30.8 Å². The van der Waals surface area contributed by atoms with Gasteiger partial charge in [-0.2, -0.15) is 0 Å². The Bertz CT molecular complexity index is 458. The van der Waals surface area contributed by atoms with Crippen molar-refractivity contribution >= 4 is 17.3 Å². The van der Waals surface area contributed by atoms with E-state index in [9.17, 15) is 4.79 Å². The van der Waals surface area contributed by atoms with Gasteiger partial charge in [0.05, 0.1) is 17.8 Å². The van der Waals surface area contributed by atoms with Gasteiger partial charge in [-0.1, -0.05) is 0 Å². The van der Waals surface area contributed by atoms with Gasteiger partial charge in [0.2, 0.25) is 0 Å². The Balaban J connectivity index is 2.86. The Kier molecular flexibility index (Phi) is 5.82. The Labute approximate surface area is 120 Å². The number of nitrogens with one attached hydrogen (secondary N) is 1. The van der Waals surface area contributed by atoms with E-state index in [0.29, 0.717) is 36.7 Å². The molecule has 0 spiro atoms. The summed E-state index contributed by atoms with van der Waals surface area (Å²) in [5.41, 5.74) is 7.09. The first-order valence-electron chi connectivity index (χ1n) is 6.84. The highest BCUT2D eigenvalue weighted by atomic mass is 16.5. The van der Waals surface area contributed by atoms with Gasteiger partial charge >= 0.3 is 5.97 Å². The molecule has 0 aliphatic heterocycles. The fourth-order valence-corrected chi connectivity index (χ4v) is 1.84. The van der Waals surface area contributed by atoms with Gasteiger partial charge in [0.15, 0.2) is 0 Å². The summed E-state index contributed by atoms with van der Waals surface area (Å²) in [4.78, 5) is 11.9. The lowest BCUT2D eigenvalue weighted by Crippen LogP contribution is -2.33. The van der Waals surface area contributed by atoms with E-state index in [-0.39, 0.29) is 11.6 Å². The van der Waals surface area contributed by atoms with Crippen LogP contribution in [0.25, 0.3) is 0 Å².